The quantitative estimate of drug-likeness (QED) is 0.808. The lowest BCUT2D eigenvalue weighted by Crippen LogP contribution is -2.48. The second-order valence-electron chi connectivity index (χ2n) is 6.50. The second kappa shape index (κ2) is 7.46. The molecule has 6 heteroatoms. The molecular formula is C19H22ClNO3S. The van der Waals surface area contributed by atoms with Gasteiger partial charge in [0.1, 0.15) is 0 Å². The van der Waals surface area contributed by atoms with E-state index in [2.05, 4.69) is 0 Å². The van der Waals surface area contributed by atoms with Crippen molar-refractivity contribution in [2.45, 2.75) is 31.7 Å². The Kier molecular flexibility index (Phi) is 5.49. The summed E-state index contributed by atoms with van der Waals surface area (Å²) < 4.78 is 33.4. The molecule has 2 aromatic carbocycles. The molecule has 1 saturated heterocycles. The SMILES string of the molecule is Cc1ccc(C2CN(S(=O)(=O)Cc3ccccc3Cl)C(C)CO2)cc1. The van der Waals surface area contributed by atoms with Crippen molar-refractivity contribution in [2.24, 2.45) is 0 Å². The summed E-state index contributed by atoms with van der Waals surface area (Å²) >= 11 is 6.14. The van der Waals surface area contributed by atoms with Gasteiger partial charge < -0.3 is 4.74 Å². The fourth-order valence-electron chi connectivity index (χ4n) is 3.00. The number of aryl methyl sites for hydroxylation is 1. The van der Waals surface area contributed by atoms with E-state index in [-0.39, 0.29) is 17.9 Å². The van der Waals surface area contributed by atoms with E-state index < -0.39 is 10.0 Å². The van der Waals surface area contributed by atoms with Crippen molar-refractivity contribution in [1.82, 2.24) is 4.31 Å². The Bertz CT molecular complexity index is 836. The highest BCUT2D eigenvalue weighted by atomic mass is 35.5. The topological polar surface area (TPSA) is 46.6 Å². The van der Waals surface area contributed by atoms with Crippen molar-refractivity contribution in [3.05, 3.63) is 70.2 Å². The van der Waals surface area contributed by atoms with E-state index in [1.54, 1.807) is 28.6 Å². The number of rotatable bonds is 4. The molecule has 0 bridgehead atoms. The van der Waals surface area contributed by atoms with Gasteiger partial charge in [0, 0.05) is 17.6 Å². The Hall–Kier alpha value is -1.40. The summed E-state index contributed by atoms with van der Waals surface area (Å²) in [7, 11) is -3.49. The molecular weight excluding hydrogens is 358 g/mol. The summed E-state index contributed by atoms with van der Waals surface area (Å²) in [6.07, 6.45) is -0.252. The highest BCUT2D eigenvalue weighted by Crippen LogP contribution is 2.29. The maximum atomic E-state index is 13.0. The summed E-state index contributed by atoms with van der Waals surface area (Å²) in [5.41, 5.74) is 2.78. The average molecular weight is 380 g/mol. The molecule has 0 aromatic heterocycles. The number of hydrogen-bond donors (Lipinski definition) is 0. The molecule has 2 unspecified atom stereocenters. The number of benzene rings is 2. The smallest absolute Gasteiger partial charge is 0.218 e. The summed E-state index contributed by atoms with van der Waals surface area (Å²) in [6.45, 7) is 4.58. The molecule has 0 aliphatic carbocycles. The van der Waals surface area contributed by atoms with Crippen LogP contribution in [0, 0.1) is 6.92 Å². The highest BCUT2D eigenvalue weighted by Gasteiger charge is 2.35. The standard InChI is InChI=1S/C19H22ClNO3S/c1-14-7-9-16(10-8-14)19-11-21(15(2)12-24-19)25(22,23)13-17-5-3-4-6-18(17)20/h3-10,15,19H,11-13H2,1-2H3. The minimum absolute atomic E-state index is 0.0996. The van der Waals surface area contributed by atoms with E-state index in [0.29, 0.717) is 23.7 Å². The van der Waals surface area contributed by atoms with Gasteiger partial charge in [-0.05, 0) is 31.0 Å². The number of sulfonamides is 1. The molecule has 1 fully saturated rings. The van der Waals surface area contributed by atoms with Crippen LogP contribution in [0.15, 0.2) is 48.5 Å². The van der Waals surface area contributed by atoms with E-state index in [0.717, 1.165) is 11.1 Å². The Morgan fingerprint density at radius 3 is 2.52 bits per heavy atom. The number of halogens is 1. The zero-order valence-electron chi connectivity index (χ0n) is 14.4. The van der Waals surface area contributed by atoms with Crippen molar-refractivity contribution in [3.63, 3.8) is 0 Å². The molecule has 1 aliphatic heterocycles. The van der Waals surface area contributed by atoms with Crippen LogP contribution in [0.25, 0.3) is 0 Å². The average Bonchev–Trinajstić information content (AvgIpc) is 2.58. The van der Waals surface area contributed by atoms with Gasteiger partial charge >= 0.3 is 0 Å². The van der Waals surface area contributed by atoms with Gasteiger partial charge in [-0.15, -0.1) is 0 Å². The van der Waals surface area contributed by atoms with Gasteiger partial charge in [-0.3, -0.25) is 0 Å². The largest absolute Gasteiger partial charge is 0.370 e. The van der Waals surface area contributed by atoms with Crippen LogP contribution >= 0.6 is 11.6 Å². The van der Waals surface area contributed by atoms with E-state index in [9.17, 15) is 8.42 Å². The van der Waals surface area contributed by atoms with Gasteiger partial charge in [-0.2, -0.15) is 4.31 Å². The number of ether oxygens (including phenoxy) is 1. The van der Waals surface area contributed by atoms with Gasteiger partial charge in [0.2, 0.25) is 10.0 Å². The third-order valence-electron chi connectivity index (χ3n) is 4.48. The molecule has 0 N–H and O–H groups in total. The molecule has 4 nitrogen and oxygen atoms in total. The van der Waals surface area contributed by atoms with Gasteiger partial charge in [-0.1, -0.05) is 59.6 Å². The second-order valence-corrected chi connectivity index (χ2v) is 8.83. The van der Waals surface area contributed by atoms with Gasteiger partial charge in [0.05, 0.1) is 18.5 Å². The molecule has 134 valence electrons. The Morgan fingerprint density at radius 1 is 1.16 bits per heavy atom. The summed E-state index contributed by atoms with van der Waals surface area (Å²) in [5, 5.41) is 0.474. The molecule has 1 heterocycles. The van der Waals surface area contributed by atoms with Crippen LogP contribution in [0.5, 0.6) is 0 Å². The minimum atomic E-state index is -3.49. The maximum absolute atomic E-state index is 13.0. The zero-order valence-corrected chi connectivity index (χ0v) is 15.9. The van der Waals surface area contributed by atoms with Gasteiger partial charge in [0.25, 0.3) is 0 Å². The Morgan fingerprint density at radius 2 is 1.84 bits per heavy atom. The Balaban J connectivity index is 1.81. The zero-order chi connectivity index (χ0) is 18.0. The van der Waals surface area contributed by atoms with E-state index in [1.807, 2.05) is 38.1 Å². The summed E-state index contributed by atoms with van der Waals surface area (Å²) in [5.74, 6) is -0.0996. The first-order chi connectivity index (χ1) is 11.9. The van der Waals surface area contributed by atoms with Crippen molar-refractivity contribution in [3.8, 4) is 0 Å². The van der Waals surface area contributed by atoms with Crippen molar-refractivity contribution >= 4 is 21.6 Å². The van der Waals surface area contributed by atoms with Crippen LogP contribution in [0.3, 0.4) is 0 Å². The number of morpholine rings is 1. The van der Waals surface area contributed by atoms with Crippen molar-refractivity contribution in [1.29, 1.82) is 0 Å². The van der Waals surface area contributed by atoms with E-state index in [4.69, 9.17) is 16.3 Å². The molecule has 0 radical (unpaired) electrons. The molecule has 2 atom stereocenters. The van der Waals surface area contributed by atoms with E-state index >= 15 is 0 Å². The van der Waals surface area contributed by atoms with Crippen LogP contribution < -0.4 is 0 Å². The molecule has 1 aliphatic rings. The van der Waals surface area contributed by atoms with Gasteiger partial charge in [-0.25, -0.2) is 8.42 Å². The lowest BCUT2D eigenvalue weighted by Gasteiger charge is -2.37. The molecule has 3 rings (SSSR count). The van der Waals surface area contributed by atoms with Crippen LogP contribution in [0.4, 0.5) is 0 Å². The lowest BCUT2D eigenvalue weighted by molar-refractivity contribution is -0.0289. The fourth-order valence-corrected chi connectivity index (χ4v) is 5.06. The monoisotopic (exact) mass is 379 g/mol. The van der Waals surface area contributed by atoms with Crippen LogP contribution in [0.2, 0.25) is 5.02 Å². The minimum Gasteiger partial charge on any atom is -0.370 e. The first kappa shape index (κ1) is 18.4. The highest BCUT2D eigenvalue weighted by molar-refractivity contribution is 7.88. The predicted octanol–water partition coefficient (Wildman–Crippen LogP) is 3.94. The van der Waals surface area contributed by atoms with Crippen LogP contribution in [-0.4, -0.2) is 31.9 Å². The summed E-state index contributed by atoms with van der Waals surface area (Å²) in [4.78, 5) is 0. The first-order valence-corrected chi connectivity index (χ1v) is 10.3. The first-order valence-electron chi connectivity index (χ1n) is 8.28. The molecule has 25 heavy (non-hydrogen) atoms. The third kappa shape index (κ3) is 4.23. The lowest BCUT2D eigenvalue weighted by atomic mass is 10.1. The molecule has 2 aromatic rings. The molecule has 0 amide bonds. The fraction of sp³-hybridized carbons (Fsp3) is 0.368. The molecule has 0 saturated carbocycles. The predicted molar refractivity (Wildman–Crippen MR) is 100 cm³/mol. The number of nitrogens with zero attached hydrogens (tertiary/aromatic N) is 1. The molecule has 0 spiro atoms. The van der Waals surface area contributed by atoms with Crippen molar-refractivity contribution < 1.29 is 13.2 Å². The number of hydrogen-bond acceptors (Lipinski definition) is 3. The Labute approximate surface area is 154 Å². The van der Waals surface area contributed by atoms with Crippen LogP contribution in [0.1, 0.15) is 29.7 Å². The van der Waals surface area contributed by atoms with Crippen LogP contribution in [-0.2, 0) is 20.5 Å². The third-order valence-corrected chi connectivity index (χ3v) is 6.75. The van der Waals surface area contributed by atoms with Crippen molar-refractivity contribution in [2.75, 3.05) is 13.2 Å². The van der Waals surface area contributed by atoms with Gasteiger partial charge in [0.15, 0.2) is 0 Å². The van der Waals surface area contributed by atoms with E-state index in [1.165, 1.54) is 0 Å². The maximum Gasteiger partial charge on any atom is 0.218 e. The summed E-state index contributed by atoms with van der Waals surface area (Å²) in [6, 6.07) is 14.9. The normalized spacial score (nSPS) is 22.0.